The first-order chi connectivity index (χ1) is 5.90. The number of rotatable bonds is 3. The third-order valence-electron chi connectivity index (χ3n) is 1.63. The predicted octanol–water partition coefficient (Wildman–Crippen LogP) is 0.830. The Hall–Kier alpha value is -1.45. The van der Waals surface area contributed by atoms with E-state index in [1.807, 2.05) is 0 Å². The standard InChI is InChI=1S/C8H8N2O2/c11-4-6-3-9-5-10-8(6)12-7-1-2-7/h3-5,7H,1-2H2. The van der Waals surface area contributed by atoms with E-state index in [1.54, 1.807) is 0 Å². The van der Waals surface area contributed by atoms with Gasteiger partial charge < -0.3 is 4.74 Å². The molecule has 0 atom stereocenters. The molecular formula is C8H8N2O2. The van der Waals surface area contributed by atoms with Crippen molar-refractivity contribution < 1.29 is 9.53 Å². The summed E-state index contributed by atoms with van der Waals surface area (Å²) in [6.45, 7) is 0. The largest absolute Gasteiger partial charge is 0.474 e. The van der Waals surface area contributed by atoms with Gasteiger partial charge in [0.25, 0.3) is 0 Å². The van der Waals surface area contributed by atoms with Crippen LogP contribution in [0.1, 0.15) is 23.2 Å². The van der Waals surface area contributed by atoms with Crippen LogP contribution in [0.25, 0.3) is 0 Å². The van der Waals surface area contributed by atoms with Crippen molar-refractivity contribution in [2.45, 2.75) is 18.9 Å². The molecule has 0 unspecified atom stereocenters. The normalized spacial score (nSPS) is 15.7. The molecule has 0 spiro atoms. The smallest absolute Gasteiger partial charge is 0.227 e. The number of hydrogen-bond donors (Lipinski definition) is 0. The molecule has 1 saturated carbocycles. The maximum Gasteiger partial charge on any atom is 0.227 e. The molecule has 0 bridgehead atoms. The van der Waals surface area contributed by atoms with Crippen LogP contribution in [0.15, 0.2) is 12.5 Å². The molecule has 12 heavy (non-hydrogen) atoms. The van der Waals surface area contributed by atoms with E-state index in [9.17, 15) is 4.79 Å². The molecule has 1 aromatic rings. The second kappa shape index (κ2) is 2.89. The summed E-state index contributed by atoms with van der Waals surface area (Å²) in [4.78, 5) is 18.1. The van der Waals surface area contributed by atoms with Gasteiger partial charge in [0.1, 0.15) is 12.4 Å². The number of hydrogen-bond acceptors (Lipinski definition) is 4. The van der Waals surface area contributed by atoms with Crippen molar-refractivity contribution in [3.63, 3.8) is 0 Å². The molecule has 0 saturated heterocycles. The van der Waals surface area contributed by atoms with E-state index in [-0.39, 0.29) is 6.10 Å². The lowest BCUT2D eigenvalue weighted by Crippen LogP contribution is -2.01. The van der Waals surface area contributed by atoms with Crippen LogP contribution in [0, 0.1) is 0 Å². The average molecular weight is 164 g/mol. The topological polar surface area (TPSA) is 52.1 Å². The summed E-state index contributed by atoms with van der Waals surface area (Å²) in [6.07, 6.45) is 5.92. The summed E-state index contributed by atoms with van der Waals surface area (Å²) in [6, 6.07) is 0. The van der Waals surface area contributed by atoms with Crippen LogP contribution in [0.4, 0.5) is 0 Å². The minimum atomic E-state index is 0.263. The summed E-state index contributed by atoms with van der Waals surface area (Å²) >= 11 is 0. The second-order valence-corrected chi connectivity index (χ2v) is 2.72. The molecule has 1 aromatic heterocycles. The molecule has 1 aliphatic carbocycles. The molecule has 0 aliphatic heterocycles. The minimum absolute atomic E-state index is 0.263. The van der Waals surface area contributed by atoms with Gasteiger partial charge in [0.15, 0.2) is 6.29 Å². The van der Waals surface area contributed by atoms with Gasteiger partial charge >= 0.3 is 0 Å². The SMILES string of the molecule is O=Cc1cncnc1OC1CC1. The van der Waals surface area contributed by atoms with Crippen LogP contribution in [0.5, 0.6) is 5.88 Å². The molecule has 1 aliphatic rings. The third-order valence-corrected chi connectivity index (χ3v) is 1.63. The van der Waals surface area contributed by atoms with Gasteiger partial charge in [-0.05, 0) is 12.8 Å². The lowest BCUT2D eigenvalue weighted by atomic mass is 10.4. The Balaban J connectivity index is 2.20. The number of carbonyl (C=O) groups excluding carboxylic acids is 1. The van der Waals surface area contributed by atoms with E-state index in [4.69, 9.17) is 4.74 Å². The Bertz CT molecular complexity index is 297. The van der Waals surface area contributed by atoms with Gasteiger partial charge in [0.2, 0.25) is 5.88 Å². The summed E-state index contributed by atoms with van der Waals surface area (Å²) in [5.41, 5.74) is 0.421. The first kappa shape index (κ1) is 7.21. The third kappa shape index (κ3) is 1.42. The van der Waals surface area contributed by atoms with Crippen molar-refractivity contribution in [2.75, 3.05) is 0 Å². The molecule has 0 N–H and O–H groups in total. The van der Waals surface area contributed by atoms with Crippen LogP contribution < -0.4 is 4.74 Å². The Labute approximate surface area is 69.6 Å². The molecule has 0 amide bonds. The summed E-state index contributed by atoms with van der Waals surface area (Å²) in [5.74, 6) is 0.405. The molecule has 2 rings (SSSR count). The van der Waals surface area contributed by atoms with E-state index >= 15 is 0 Å². The lowest BCUT2D eigenvalue weighted by molar-refractivity contribution is 0.111. The number of ether oxygens (including phenoxy) is 1. The lowest BCUT2D eigenvalue weighted by Gasteiger charge is -2.03. The fourth-order valence-corrected chi connectivity index (χ4v) is 0.852. The first-order valence-electron chi connectivity index (χ1n) is 3.82. The monoisotopic (exact) mass is 164 g/mol. The van der Waals surface area contributed by atoms with E-state index in [2.05, 4.69) is 9.97 Å². The summed E-state index contributed by atoms with van der Waals surface area (Å²) in [7, 11) is 0. The number of carbonyl (C=O) groups is 1. The highest BCUT2D eigenvalue weighted by atomic mass is 16.5. The highest BCUT2D eigenvalue weighted by molar-refractivity contribution is 5.77. The summed E-state index contributed by atoms with van der Waals surface area (Å²) < 4.78 is 5.36. The highest BCUT2D eigenvalue weighted by Crippen LogP contribution is 2.26. The molecule has 0 radical (unpaired) electrons. The molecule has 4 nitrogen and oxygen atoms in total. The second-order valence-electron chi connectivity index (χ2n) is 2.72. The Morgan fingerprint density at radius 2 is 2.42 bits per heavy atom. The molecule has 62 valence electrons. The number of nitrogens with zero attached hydrogens (tertiary/aromatic N) is 2. The van der Waals surface area contributed by atoms with Crippen LogP contribution >= 0.6 is 0 Å². The maximum absolute atomic E-state index is 10.5. The zero-order valence-electron chi connectivity index (χ0n) is 6.43. The zero-order chi connectivity index (χ0) is 8.39. The fraction of sp³-hybridized carbons (Fsp3) is 0.375. The first-order valence-corrected chi connectivity index (χ1v) is 3.82. The summed E-state index contributed by atoms with van der Waals surface area (Å²) in [5, 5.41) is 0. The van der Waals surface area contributed by atoms with E-state index in [1.165, 1.54) is 12.5 Å². The maximum atomic E-state index is 10.5. The quantitative estimate of drug-likeness (QED) is 0.621. The van der Waals surface area contributed by atoms with E-state index in [0.717, 1.165) is 12.8 Å². The van der Waals surface area contributed by atoms with Crippen molar-refractivity contribution in [1.29, 1.82) is 0 Å². The molecule has 4 heteroatoms. The van der Waals surface area contributed by atoms with Gasteiger partial charge in [-0.3, -0.25) is 4.79 Å². The van der Waals surface area contributed by atoms with Crippen molar-refractivity contribution in [3.05, 3.63) is 18.1 Å². The van der Waals surface area contributed by atoms with Crippen LogP contribution in [0.3, 0.4) is 0 Å². The zero-order valence-corrected chi connectivity index (χ0v) is 6.43. The average Bonchev–Trinajstić information content (AvgIpc) is 2.89. The highest BCUT2D eigenvalue weighted by Gasteiger charge is 2.25. The van der Waals surface area contributed by atoms with Gasteiger partial charge in [0, 0.05) is 6.20 Å². The fourth-order valence-electron chi connectivity index (χ4n) is 0.852. The van der Waals surface area contributed by atoms with Crippen molar-refractivity contribution in [2.24, 2.45) is 0 Å². The van der Waals surface area contributed by atoms with Crippen LogP contribution in [-0.4, -0.2) is 22.4 Å². The predicted molar refractivity (Wildman–Crippen MR) is 41.1 cm³/mol. The van der Waals surface area contributed by atoms with Gasteiger partial charge in [0.05, 0.1) is 5.56 Å². The van der Waals surface area contributed by atoms with Crippen molar-refractivity contribution in [1.82, 2.24) is 9.97 Å². The van der Waals surface area contributed by atoms with Gasteiger partial charge in [-0.1, -0.05) is 0 Å². The van der Waals surface area contributed by atoms with Crippen LogP contribution in [0.2, 0.25) is 0 Å². The molecule has 0 aromatic carbocycles. The van der Waals surface area contributed by atoms with Gasteiger partial charge in [-0.25, -0.2) is 9.97 Å². The van der Waals surface area contributed by atoms with E-state index < -0.39 is 0 Å². The Kier molecular flexibility index (Phi) is 1.74. The Morgan fingerprint density at radius 3 is 3.08 bits per heavy atom. The van der Waals surface area contributed by atoms with Gasteiger partial charge in [-0.15, -0.1) is 0 Å². The van der Waals surface area contributed by atoms with Crippen molar-refractivity contribution in [3.8, 4) is 5.88 Å². The number of aldehydes is 1. The van der Waals surface area contributed by atoms with Crippen LogP contribution in [-0.2, 0) is 0 Å². The van der Waals surface area contributed by atoms with Crippen molar-refractivity contribution >= 4 is 6.29 Å². The van der Waals surface area contributed by atoms with Gasteiger partial charge in [-0.2, -0.15) is 0 Å². The Morgan fingerprint density at radius 1 is 1.58 bits per heavy atom. The minimum Gasteiger partial charge on any atom is -0.474 e. The molecule has 1 heterocycles. The number of aromatic nitrogens is 2. The van der Waals surface area contributed by atoms with E-state index in [0.29, 0.717) is 17.7 Å². The molecule has 1 fully saturated rings. The molecular weight excluding hydrogens is 156 g/mol.